The van der Waals surface area contributed by atoms with E-state index in [0.717, 1.165) is 31.5 Å². The summed E-state index contributed by atoms with van der Waals surface area (Å²) >= 11 is 0. The predicted octanol–water partition coefficient (Wildman–Crippen LogP) is 0.833. The van der Waals surface area contributed by atoms with E-state index in [1.165, 1.54) is 37.3 Å². The van der Waals surface area contributed by atoms with Crippen molar-refractivity contribution >= 4 is 17.8 Å². The maximum absolute atomic E-state index is 12.8. The molecule has 5 unspecified atom stereocenters. The summed E-state index contributed by atoms with van der Waals surface area (Å²) in [7, 11) is 0. The number of guanidine groups is 1. The first-order valence-corrected chi connectivity index (χ1v) is 11.5. The van der Waals surface area contributed by atoms with E-state index in [-0.39, 0.29) is 35.5 Å². The zero-order chi connectivity index (χ0) is 20.0. The molecule has 0 aromatic heterocycles. The van der Waals surface area contributed by atoms with Gasteiger partial charge in [0.2, 0.25) is 11.8 Å². The van der Waals surface area contributed by atoms with E-state index in [1.807, 2.05) is 0 Å². The van der Waals surface area contributed by atoms with Crippen LogP contribution in [0.2, 0.25) is 0 Å². The molecule has 2 bridgehead atoms. The fourth-order valence-electron chi connectivity index (χ4n) is 5.82. The van der Waals surface area contributed by atoms with Gasteiger partial charge in [-0.15, -0.1) is 0 Å². The van der Waals surface area contributed by atoms with Gasteiger partial charge in [0, 0.05) is 38.8 Å². The van der Waals surface area contributed by atoms with Gasteiger partial charge in [0.1, 0.15) is 0 Å². The fraction of sp³-hybridized carbons (Fsp3) is 0.773. The normalized spacial score (nSPS) is 36.4. The Morgan fingerprint density at radius 3 is 2.48 bits per heavy atom. The smallest absolute Gasteiger partial charge is 0.233 e. The van der Waals surface area contributed by atoms with Gasteiger partial charge in [-0.2, -0.15) is 0 Å². The van der Waals surface area contributed by atoms with E-state index in [4.69, 9.17) is 4.99 Å². The summed E-state index contributed by atoms with van der Waals surface area (Å²) in [5.74, 6) is 1.85. The molecule has 2 saturated carbocycles. The molecule has 3 aliphatic carbocycles. The Hall–Kier alpha value is -1.89. The molecule has 0 spiro atoms. The number of nitrogens with one attached hydrogen (secondary N) is 2. The summed E-state index contributed by atoms with van der Waals surface area (Å²) < 4.78 is 0. The second kappa shape index (κ2) is 7.74. The van der Waals surface area contributed by atoms with E-state index < -0.39 is 0 Å². The fourth-order valence-corrected chi connectivity index (χ4v) is 5.82. The molecule has 5 aliphatic rings. The number of nitrogens with zero attached hydrogens (tertiary/aromatic N) is 3. The minimum atomic E-state index is -0.101. The second-order valence-corrected chi connectivity index (χ2v) is 9.36. The monoisotopic (exact) mass is 399 g/mol. The number of hydrogen-bond acceptors (Lipinski definition) is 4. The molecule has 0 aromatic rings. The van der Waals surface area contributed by atoms with E-state index in [9.17, 15) is 9.59 Å². The molecule has 4 fully saturated rings. The SMILES string of the molecule is CCNC(=NCC1CCN(C2CC2)C1)NCCN1C(=O)C2C3C=CC(C3)C2C1=O. The van der Waals surface area contributed by atoms with Crippen molar-refractivity contribution in [2.75, 3.05) is 39.3 Å². The van der Waals surface area contributed by atoms with Crippen LogP contribution in [0.25, 0.3) is 0 Å². The molecule has 2 saturated heterocycles. The number of aliphatic imine (C=N–C) groups is 1. The Morgan fingerprint density at radius 2 is 1.83 bits per heavy atom. The van der Waals surface area contributed by atoms with Crippen LogP contribution in [-0.4, -0.2) is 72.9 Å². The minimum Gasteiger partial charge on any atom is -0.357 e. The highest BCUT2D eigenvalue weighted by molar-refractivity contribution is 6.06. The van der Waals surface area contributed by atoms with Gasteiger partial charge in [-0.3, -0.25) is 19.5 Å². The quantitative estimate of drug-likeness (QED) is 0.287. The van der Waals surface area contributed by atoms with Gasteiger partial charge in [-0.25, -0.2) is 0 Å². The Bertz CT molecular complexity index is 701. The Kier molecular flexibility index (Phi) is 5.10. The van der Waals surface area contributed by atoms with Crippen molar-refractivity contribution in [3.05, 3.63) is 12.2 Å². The number of rotatable bonds is 7. The largest absolute Gasteiger partial charge is 0.357 e. The molecule has 2 amide bonds. The lowest BCUT2D eigenvalue weighted by Gasteiger charge is -2.19. The van der Waals surface area contributed by atoms with Gasteiger partial charge < -0.3 is 15.5 Å². The summed E-state index contributed by atoms with van der Waals surface area (Å²) in [6.07, 6.45) is 9.23. The van der Waals surface area contributed by atoms with Crippen LogP contribution in [0.15, 0.2) is 17.1 Å². The van der Waals surface area contributed by atoms with Crippen LogP contribution in [0.4, 0.5) is 0 Å². The van der Waals surface area contributed by atoms with Gasteiger partial charge in [0.15, 0.2) is 5.96 Å². The first kappa shape index (κ1) is 19.1. The molecular formula is C22H33N5O2. The van der Waals surface area contributed by atoms with Crippen molar-refractivity contribution in [2.45, 2.75) is 38.6 Å². The number of fused-ring (bicyclic) bond motifs is 5. The number of hydrogen-bond donors (Lipinski definition) is 2. The predicted molar refractivity (Wildman–Crippen MR) is 111 cm³/mol. The summed E-state index contributed by atoms with van der Waals surface area (Å²) in [4.78, 5) is 34.4. The first-order chi connectivity index (χ1) is 14.2. The van der Waals surface area contributed by atoms with E-state index >= 15 is 0 Å². The molecule has 0 aromatic carbocycles. The Labute approximate surface area is 173 Å². The Morgan fingerprint density at radius 1 is 1.10 bits per heavy atom. The topological polar surface area (TPSA) is 77.0 Å². The molecule has 5 rings (SSSR count). The lowest BCUT2D eigenvalue weighted by molar-refractivity contribution is -0.140. The lowest BCUT2D eigenvalue weighted by atomic mass is 9.85. The number of carbonyl (C=O) groups excluding carboxylic acids is 2. The van der Waals surface area contributed by atoms with E-state index in [2.05, 4.69) is 34.6 Å². The van der Waals surface area contributed by atoms with Crippen LogP contribution in [0.1, 0.15) is 32.6 Å². The molecule has 29 heavy (non-hydrogen) atoms. The van der Waals surface area contributed by atoms with Crippen molar-refractivity contribution in [1.82, 2.24) is 20.4 Å². The maximum Gasteiger partial charge on any atom is 0.233 e. The maximum atomic E-state index is 12.8. The van der Waals surface area contributed by atoms with Crippen molar-refractivity contribution in [2.24, 2.45) is 34.6 Å². The van der Waals surface area contributed by atoms with Crippen LogP contribution >= 0.6 is 0 Å². The zero-order valence-corrected chi connectivity index (χ0v) is 17.3. The van der Waals surface area contributed by atoms with Gasteiger partial charge >= 0.3 is 0 Å². The molecular weight excluding hydrogens is 366 g/mol. The van der Waals surface area contributed by atoms with Crippen molar-refractivity contribution in [3.8, 4) is 0 Å². The van der Waals surface area contributed by atoms with Gasteiger partial charge in [0.25, 0.3) is 0 Å². The van der Waals surface area contributed by atoms with Gasteiger partial charge in [-0.1, -0.05) is 12.2 Å². The summed E-state index contributed by atoms with van der Waals surface area (Å²) in [6.45, 7) is 7.04. The highest BCUT2D eigenvalue weighted by atomic mass is 16.2. The highest BCUT2D eigenvalue weighted by Gasteiger charge is 2.58. The molecule has 2 aliphatic heterocycles. The van der Waals surface area contributed by atoms with Gasteiger partial charge in [0.05, 0.1) is 11.8 Å². The average molecular weight is 400 g/mol. The summed E-state index contributed by atoms with van der Waals surface area (Å²) in [5.41, 5.74) is 0. The number of allylic oxidation sites excluding steroid dienone is 2. The zero-order valence-electron chi connectivity index (χ0n) is 17.3. The molecule has 2 N–H and O–H groups in total. The minimum absolute atomic E-state index is 0.0340. The summed E-state index contributed by atoms with van der Waals surface area (Å²) in [5, 5.41) is 6.62. The van der Waals surface area contributed by atoms with Crippen LogP contribution in [0.5, 0.6) is 0 Å². The van der Waals surface area contributed by atoms with E-state index in [0.29, 0.717) is 19.0 Å². The van der Waals surface area contributed by atoms with Gasteiger partial charge in [-0.05, 0) is 56.9 Å². The standard InChI is InChI=1S/C22H33N5O2/c1-2-23-22(25-12-14-7-9-26(13-14)17-5-6-17)24-8-10-27-20(28)18-15-3-4-16(11-15)19(18)21(27)29/h3-4,14-19H,2,5-13H2,1H3,(H2,23,24,25). The third kappa shape index (κ3) is 3.58. The molecule has 2 heterocycles. The van der Waals surface area contributed by atoms with Crippen LogP contribution in [0, 0.1) is 29.6 Å². The molecule has 0 radical (unpaired) electrons. The van der Waals surface area contributed by atoms with Crippen LogP contribution < -0.4 is 10.6 Å². The average Bonchev–Trinajstić information content (AvgIpc) is 3.06. The van der Waals surface area contributed by atoms with Crippen molar-refractivity contribution in [3.63, 3.8) is 0 Å². The highest BCUT2D eigenvalue weighted by Crippen LogP contribution is 2.52. The van der Waals surface area contributed by atoms with Crippen molar-refractivity contribution in [1.29, 1.82) is 0 Å². The van der Waals surface area contributed by atoms with E-state index in [1.54, 1.807) is 0 Å². The first-order valence-electron chi connectivity index (χ1n) is 11.5. The third-order valence-electron chi connectivity index (χ3n) is 7.42. The number of imide groups is 1. The molecule has 7 heteroatoms. The molecule has 5 atom stereocenters. The third-order valence-corrected chi connectivity index (χ3v) is 7.42. The summed E-state index contributed by atoms with van der Waals surface area (Å²) in [6, 6.07) is 0.843. The number of carbonyl (C=O) groups is 2. The molecule has 7 nitrogen and oxygen atoms in total. The van der Waals surface area contributed by atoms with Crippen molar-refractivity contribution < 1.29 is 9.59 Å². The number of likely N-dealkylation sites (tertiary alicyclic amines) is 2. The number of amides is 2. The van der Waals surface area contributed by atoms with Crippen LogP contribution in [0.3, 0.4) is 0 Å². The Balaban J connectivity index is 1.11. The second-order valence-electron chi connectivity index (χ2n) is 9.36. The van der Waals surface area contributed by atoms with Crippen LogP contribution in [-0.2, 0) is 9.59 Å². The lowest BCUT2D eigenvalue weighted by Crippen LogP contribution is -2.44. The molecule has 158 valence electrons.